The molecule has 1 aliphatic heterocycles. The minimum absolute atomic E-state index is 0.124. The van der Waals surface area contributed by atoms with E-state index in [1.165, 1.54) is 40.9 Å². The van der Waals surface area contributed by atoms with E-state index >= 15 is 0 Å². The molecule has 2 amide bonds. The van der Waals surface area contributed by atoms with Crippen molar-refractivity contribution < 1.29 is 18.7 Å². The summed E-state index contributed by atoms with van der Waals surface area (Å²) >= 11 is 1.51. The third-order valence-electron chi connectivity index (χ3n) is 4.19. The van der Waals surface area contributed by atoms with Gasteiger partial charge >= 0.3 is 0 Å². The van der Waals surface area contributed by atoms with E-state index in [1.807, 2.05) is 6.07 Å². The zero-order valence-electron chi connectivity index (χ0n) is 14.9. The van der Waals surface area contributed by atoms with Gasteiger partial charge in [-0.3, -0.25) is 9.59 Å². The molecule has 1 atom stereocenters. The van der Waals surface area contributed by atoms with Gasteiger partial charge in [-0.15, -0.1) is 11.8 Å². The lowest BCUT2D eigenvalue weighted by molar-refractivity contribution is -0.136. The van der Waals surface area contributed by atoms with Crippen LogP contribution in [0, 0.1) is 17.1 Å². The SMILES string of the molecule is N#Cc1ccc(NC(=O)C2CSCN2C(=O)CCOc2ccc(F)cc2)cc1. The molecule has 0 radical (unpaired) electrons. The van der Waals surface area contributed by atoms with Crippen molar-refractivity contribution in [2.45, 2.75) is 12.5 Å². The summed E-state index contributed by atoms with van der Waals surface area (Å²) in [5, 5.41) is 11.6. The minimum Gasteiger partial charge on any atom is -0.493 e. The smallest absolute Gasteiger partial charge is 0.248 e. The summed E-state index contributed by atoms with van der Waals surface area (Å²) in [5.74, 6) is 0.663. The Morgan fingerprint density at radius 2 is 1.93 bits per heavy atom. The third-order valence-corrected chi connectivity index (χ3v) is 5.20. The van der Waals surface area contributed by atoms with E-state index in [0.717, 1.165) is 0 Å². The van der Waals surface area contributed by atoms with E-state index in [9.17, 15) is 14.0 Å². The Hall–Kier alpha value is -3.05. The van der Waals surface area contributed by atoms with Crippen LogP contribution in [0.3, 0.4) is 0 Å². The van der Waals surface area contributed by atoms with Gasteiger partial charge in [0, 0.05) is 11.4 Å². The molecule has 0 spiro atoms. The highest BCUT2D eigenvalue weighted by atomic mass is 32.2. The van der Waals surface area contributed by atoms with Crippen molar-refractivity contribution in [1.82, 2.24) is 4.90 Å². The quantitative estimate of drug-likeness (QED) is 0.807. The summed E-state index contributed by atoms with van der Waals surface area (Å²) in [4.78, 5) is 26.6. The van der Waals surface area contributed by atoms with E-state index in [2.05, 4.69) is 5.32 Å². The van der Waals surface area contributed by atoms with Crippen molar-refractivity contribution in [1.29, 1.82) is 5.26 Å². The second-order valence-corrected chi connectivity index (χ2v) is 7.11. The van der Waals surface area contributed by atoms with Crippen molar-refractivity contribution in [3.63, 3.8) is 0 Å². The summed E-state index contributed by atoms with van der Waals surface area (Å²) in [7, 11) is 0. The van der Waals surface area contributed by atoms with E-state index in [-0.39, 0.29) is 30.7 Å². The molecule has 3 rings (SSSR count). The van der Waals surface area contributed by atoms with Gasteiger partial charge in [-0.2, -0.15) is 5.26 Å². The lowest BCUT2D eigenvalue weighted by Gasteiger charge is -2.23. The number of anilines is 1. The summed E-state index contributed by atoms with van der Waals surface area (Å²) in [5.41, 5.74) is 1.08. The summed E-state index contributed by atoms with van der Waals surface area (Å²) in [6, 6.07) is 13.6. The first kappa shape index (κ1) is 19.7. The molecule has 1 unspecified atom stereocenters. The molecule has 1 saturated heterocycles. The molecule has 0 bridgehead atoms. The Balaban J connectivity index is 1.52. The van der Waals surface area contributed by atoms with Crippen LogP contribution in [0.5, 0.6) is 5.75 Å². The maximum absolute atomic E-state index is 12.9. The Kier molecular flexibility index (Phi) is 6.50. The molecule has 1 aliphatic rings. The number of rotatable bonds is 6. The van der Waals surface area contributed by atoms with Crippen molar-refractivity contribution in [2.75, 3.05) is 23.6 Å². The third kappa shape index (κ3) is 5.02. The number of nitrogens with zero attached hydrogens (tertiary/aromatic N) is 2. The number of thioether (sulfide) groups is 1. The number of amides is 2. The van der Waals surface area contributed by atoms with E-state index in [1.54, 1.807) is 24.3 Å². The molecule has 1 N–H and O–H groups in total. The monoisotopic (exact) mass is 399 g/mol. The summed E-state index contributed by atoms with van der Waals surface area (Å²) in [6.45, 7) is 0.148. The van der Waals surface area contributed by atoms with Crippen LogP contribution in [0.15, 0.2) is 48.5 Å². The van der Waals surface area contributed by atoms with Crippen LogP contribution in [-0.4, -0.2) is 41.0 Å². The topological polar surface area (TPSA) is 82.4 Å². The lowest BCUT2D eigenvalue weighted by Crippen LogP contribution is -2.44. The molecular formula is C20H18FN3O3S. The van der Waals surface area contributed by atoms with Gasteiger partial charge in [0.25, 0.3) is 0 Å². The zero-order valence-corrected chi connectivity index (χ0v) is 15.7. The predicted octanol–water partition coefficient (Wildman–Crippen LogP) is 3.01. The standard InChI is InChI=1S/C20H18FN3O3S/c21-15-3-7-17(8-4-15)27-10-9-19(25)24-13-28-12-18(24)20(26)23-16-5-1-14(11-22)2-6-16/h1-8,18H,9-10,12-13H2,(H,23,26). The maximum Gasteiger partial charge on any atom is 0.248 e. The minimum atomic E-state index is -0.557. The number of ether oxygens (including phenoxy) is 1. The van der Waals surface area contributed by atoms with E-state index < -0.39 is 6.04 Å². The van der Waals surface area contributed by atoms with Crippen LogP contribution >= 0.6 is 11.8 Å². The van der Waals surface area contributed by atoms with Gasteiger partial charge in [-0.1, -0.05) is 0 Å². The van der Waals surface area contributed by atoms with Crippen LogP contribution in [-0.2, 0) is 9.59 Å². The Morgan fingerprint density at radius 3 is 2.61 bits per heavy atom. The maximum atomic E-state index is 12.9. The van der Waals surface area contributed by atoms with Gasteiger partial charge in [-0.25, -0.2) is 4.39 Å². The van der Waals surface area contributed by atoms with Crippen LogP contribution < -0.4 is 10.1 Å². The number of halogens is 1. The first-order chi connectivity index (χ1) is 13.6. The van der Waals surface area contributed by atoms with Gasteiger partial charge < -0.3 is 15.0 Å². The zero-order chi connectivity index (χ0) is 19.9. The molecule has 0 saturated carbocycles. The summed E-state index contributed by atoms with van der Waals surface area (Å²) < 4.78 is 18.3. The number of carbonyl (C=O) groups excluding carboxylic acids is 2. The molecule has 0 aromatic heterocycles. The fourth-order valence-corrected chi connectivity index (χ4v) is 3.87. The average Bonchev–Trinajstić information content (AvgIpc) is 3.20. The Labute approximate surface area is 166 Å². The number of hydrogen-bond donors (Lipinski definition) is 1. The molecular weight excluding hydrogens is 381 g/mol. The molecule has 2 aromatic rings. The normalized spacial score (nSPS) is 15.7. The molecule has 144 valence electrons. The number of nitriles is 1. The van der Waals surface area contributed by atoms with Crippen LogP contribution in [0.2, 0.25) is 0 Å². The average molecular weight is 399 g/mol. The number of hydrogen-bond acceptors (Lipinski definition) is 5. The fraction of sp³-hybridized carbons (Fsp3) is 0.250. The largest absolute Gasteiger partial charge is 0.493 e. The van der Waals surface area contributed by atoms with Gasteiger partial charge in [0.05, 0.1) is 30.5 Å². The van der Waals surface area contributed by atoms with E-state index in [0.29, 0.717) is 28.6 Å². The number of carbonyl (C=O) groups is 2. The van der Waals surface area contributed by atoms with Crippen LogP contribution in [0.1, 0.15) is 12.0 Å². The Morgan fingerprint density at radius 1 is 1.21 bits per heavy atom. The second-order valence-electron chi connectivity index (χ2n) is 6.11. The second kappa shape index (κ2) is 9.24. The molecule has 0 aliphatic carbocycles. The van der Waals surface area contributed by atoms with Gasteiger partial charge in [0.1, 0.15) is 17.6 Å². The van der Waals surface area contributed by atoms with Gasteiger partial charge in [-0.05, 0) is 48.5 Å². The predicted molar refractivity (Wildman–Crippen MR) is 104 cm³/mol. The first-order valence-corrected chi connectivity index (χ1v) is 9.79. The van der Waals surface area contributed by atoms with Crippen LogP contribution in [0.25, 0.3) is 0 Å². The number of nitrogens with one attached hydrogen (secondary N) is 1. The van der Waals surface area contributed by atoms with Crippen LogP contribution in [0.4, 0.5) is 10.1 Å². The van der Waals surface area contributed by atoms with Gasteiger partial charge in [0.2, 0.25) is 11.8 Å². The highest BCUT2D eigenvalue weighted by molar-refractivity contribution is 7.99. The molecule has 8 heteroatoms. The number of benzene rings is 2. The highest BCUT2D eigenvalue weighted by Crippen LogP contribution is 2.23. The molecule has 28 heavy (non-hydrogen) atoms. The van der Waals surface area contributed by atoms with Crippen molar-refractivity contribution in [3.8, 4) is 11.8 Å². The van der Waals surface area contributed by atoms with Gasteiger partial charge in [0.15, 0.2) is 0 Å². The van der Waals surface area contributed by atoms with E-state index in [4.69, 9.17) is 10.00 Å². The highest BCUT2D eigenvalue weighted by Gasteiger charge is 2.34. The molecule has 1 heterocycles. The first-order valence-electron chi connectivity index (χ1n) is 8.63. The van der Waals surface area contributed by atoms with Crippen molar-refractivity contribution >= 4 is 29.3 Å². The van der Waals surface area contributed by atoms with Crippen molar-refractivity contribution in [3.05, 3.63) is 59.9 Å². The molecule has 6 nitrogen and oxygen atoms in total. The molecule has 1 fully saturated rings. The Bertz CT molecular complexity index is 881. The fourth-order valence-electron chi connectivity index (χ4n) is 2.69. The van der Waals surface area contributed by atoms with Crippen molar-refractivity contribution in [2.24, 2.45) is 0 Å². The lowest BCUT2D eigenvalue weighted by atomic mass is 10.2. The molecule has 2 aromatic carbocycles. The summed E-state index contributed by atoms with van der Waals surface area (Å²) in [6.07, 6.45) is 0.124.